The van der Waals surface area contributed by atoms with Crippen molar-refractivity contribution in [2.24, 2.45) is 0 Å². The fourth-order valence-electron chi connectivity index (χ4n) is 3.32. The van der Waals surface area contributed by atoms with Crippen molar-refractivity contribution >= 4 is 40.5 Å². The molecule has 0 saturated heterocycles. The van der Waals surface area contributed by atoms with Crippen LogP contribution in [0.25, 0.3) is 11.2 Å². The van der Waals surface area contributed by atoms with Crippen LogP contribution in [0.4, 0.5) is 10.2 Å². The molecule has 3 aromatic rings. The normalized spacial score (nSPS) is 13.3. The second-order valence-electron chi connectivity index (χ2n) is 7.46. The maximum absolute atomic E-state index is 15.1. The lowest BCUT2D eigenvalue weighted by atomic mass is 9.93. The second-order valence-corrected chi connectivity index (χ2v) is 7.80. The molecule has 0 bridgehead atoms. The minimum Gasteiger partial charge on any atom is -0.479 e. The molecule has 12 nitrogen and oxygen atoms in total. The molecule has 35 heavy (non-hydrogen) atoms. The van der Waals surface area contributed by atoms with Gasteiger partial charge in [-0.25, -0.2) is 19.0 Å². The Hall–Kier alpha value is -3.86. The van der Waals surface area contributed by atoms with Gasteiger partial charge in [0.2, 0.25) is 5.28 Å². The van der Waals surface area contributed by atoms with E-state index in [1.807, 2.05) is 6.07 Å². The van der Waals surface area contributed by atoms with E-state index in [-0.39, 0.29) is 28.7 Å². The Morgan fingerprint density at radius 3 is 2.51 bits per heavy atom. The van der Waals surface area contributed by atoms with Crippen LogP contribution in [0.1, 0.15) is 23.8 Å². The van der Waals surface area contributed by atoms with Gasteiger partial charge in [0, 0.05) is 20.0 Å². The van der Waals surface area contributed by atoms with Crippen molar-refractivity contribution in [2.75, 3.05) is 19.5 Å². The summed E-state index contributed by atoms with van der Waals surface area (Å²) in [4.78, 5) is 35.6. The van der Waals surface area contributed by atoms with Crippen LogP contribution in [0.3, 0.4) is 0 Å². The maximum atomic E-state index is 15.1. The molecule has 3 rings (SSSR count). The number of nitrogens with zero attached hydrogens (tertiary/aromatic N) is 5. The predicted octanol–water partition coefficient (Wildman–Crippen LogP) is 1.97. The lowest BCUT2D eigenvalue weighted by Gasteiger charge is -2.28. The van der Waals surface area contributed by atoms with Gasteiger partial charge in [0.15, 0.2) is 17.8 Å². The van der Waals surface area contributed by atoms with Gasteiger partial charge in [-0.2, -0.15) is 15.2 Å². The Morgan fingerprint density at radius 2 is 1.94 bits per heavy atom. The van der Waals surface area contributed by atoms with Crippen molar-refractivity contribution in [3.63, 3.8) is 0 Å². The number of carboxylic acid groups (broad SMARTS) is 2. The number of rotatable bonds is 11. The van der Waals surface area contributed by atoms with Gasteiger partial charge >= 0.3 is 11.9 Å². The third-order valence-electron chi connectivity index (χ3n) is 5.26. The van der Waals surface area contributed by atoms with Gasteiger partial charge in [-0.15, -0.1) is 0 Å². The molecule has 0 saturated carbocycles. The summed E-state index contributed by atoms with van der Waals surface area (Å²) in [6.07, 6.45) is -2.58. The molecule has 0 radical (unpaired) electrons. The molecule has 1 aromatic carbocycles. The third kappa shape index (κ3) is 5.46. The van der Waals surface area contributed by atoms with Gasteiger partial charge in [0.05, 0.1) is 30.7 Å². The number of ether oxygens (including phenoxy) is 2. The molecule has 184 valence electrons. The van der Waals surface area contributed by atoms with E-state index in [0.29, 0.717) is 11.1 Å². The molecule has 0 aliphatic rings. The van der Waals surface area contributed by atoms with E-state index in [1.54, 1.807) is 0 Å². The number of methoxy groups -OCH3 is 1. The number of halogens is 2. The number of nitrogen functional groups attached to an aromatic ring is 1. The number of anilines is 1. The molecule has 0 spiro atoms. The first kappa shape index (κ1) is 25.8. The number of hydrogen-bond donors (Lipinski definition) is 3. The zero-order valence-electron chi connectivity index (χ0n) is 18.3. The van der Waals surface area contributed by atoms with Gasteiger partial charge in [-0.3, -0.25) is 4.57 Å². The van der Waals surface area contributed by atoms with Crippen LogP contribution in [0, 0.1) is 11.3 Å². The Kier molecular flexibility index (Phi) is 7.80. The number of aliphatic carboxylic acids is 2. The number of alkyl halides is 1. The van der Waals surface area contributed by atoms with Crippen LogP contribution in [0.2, 0.25) is 5.28 Å². The highest BCUT2D eigenvalue weighted by molar-refractivity contribution is 6.28. The number of nitrogens with two attached hydrogens (primary N) is 1. The van der Waals surface area contributed by atoms with Crippen LogP contribution >= 0.6 is 11.6 Å². The van der Waals surface area contributed by atoms with Crippen LogP contribution in [0.5, 0.6) is 0 Å². The average molecular weight is 507 g/mol. The lowest BCUT2D eigenvalue weighted by Crippen LogP contribution is -2.52. The van der Waals surface area contributed by atoms with Crippen molar-refractivity contribution in [3.05, 3.63) is 47.0 Å². The Labute approximate surface area is 202 Å². The molecule has 0 aliphatic carbocycles. The fraction of sp³-hybridized carbons (Fsp3) is 0.333. The van der Waals surface area contributed by atoms with Crippen LogP contribution in [0.15, 0.2) is 30.6 Å². The molecule has 2 heterocycles. The molecule has 4 N–H and O–H groups in total. The molecular formula is C21H20ClFN6O6. The number of carboxylic acids is 2. The Balaban J connectivity index is 1.78. The predicted molar refractivity (Wildman–Crippen MR) is 119 cm³/mol. The van der Waals surface area contributed by atoms with E-state index >= 15 is 4.39 Å². The van der Waals surface area contributed by atoms with Gasteiger partial charge in [-0.05, 0) is 29.3 Å². The second kappa shape index (κ2) is 10.6. The first-order chi connectivity index (χ1) is 16.6. The highest BCUT2D eigenvalue weighted by atomic mass is 35.5. The summed E-state index contributed by atoms with van der Waals surface area (Å²) in [6, 6.07) is 7.62. The molecule has 2 atom stereocenters. The van der Waals surface area contributed by atoms with Crippen molar-refractivity contribution in [3.8, 4) is 6.07 Å². The summed E-state index contributed by atoms with van der Waals surface area (Å²) in [5.74, 6) is -3.53. The first-order valence-electron chi connectivity index (χ1n) is 10.0. The third-order valence-corrected chi connectivity index (χ3v) is 5.43. The largest absolute Gasteiger partial charge is 0.479 e. The summed E-state index contributed by atoms with van der Waals surface area (Å²) in [5, 5.41) is 28.1. The standard InChI is InChI=1S/C21H20ClFN6O6/c1-34-13(6-14(23)29-10-26-15-16(25)27-20(22)28-17(15)29)9-35-21(18(30)31,19(32)33)7-11-2-4-12(8-24)5-3-11/h2-5,10,13-14H,6-7,9H2,1H3,(H,30,31)(H,32,33)(H2,25,27,28). The SMILES string of the molecule is COC(COC(Cc1ccc(C#N)cc1)(C(=O)O)C(=O)O)CC(F)n1cnc2c(N)nc(Cl)nc21. The van der Waals surface area contributed by atoms with Gasteiger partial charge in [0.1, 0.15) is 5.52 Å². The fourth-order valence-corrected chi connectivity index (χ4v) is 3.49. The lowest BCUT2D eigenvalue weighted by molar-refractivity contribution is -0.188. The molecular weight excluding hydrogens is 487 g/mol. The summed E-state index contributed by atoms with van der Waals surface area (Å²) < 4.78 is 26.8. The molecule has 0 amide bonds. The molecule has 0 fully saturated rings. The summed E-state index contributed by atoms with van der Waals surface area (Å²) in [5.41, 5.74) is 3.86. The average Bonchev–Trinajstić information content (AvgIpc) is 3.25. The van der Waals surface area contributed by atoms with E-state index in [2.05, 4.69) is 15.0 Å². The van der Waals surface area contributed by atoms with Crippen molar-refractivity contribution < 1.29 is 33.7 Å². The van der Waals surface area contributed by atoms with E-state index in [9.17, 15) is 19.8 Å². The highest BCUT2D eigenvalue weighted by Crippen LogP contribution is 2.27. The molecule has 2 aromatic heterocycles. The quantitative estimate of drug-likeness (QED) is 0.255. The summed E-state index contributed by atoms with van der Waals surface area (Å²) in [7, 11) is 1.24. The number of fused-ring (bicyclic) bond motifs is 1. The molecule has 0 aliphatic heterocycles. The zero-order valence-corrected chi connectivity index (χ0v) is 19.0. The van der Waals surface area contributed by atoms with Crippen molar-refractivity contribution in [1.82, 2.24) is 19.5 Å². The van der Waals surface area contributed by atoms with Crippen LogP contribution in [-0.4, -0.2) is 67.1 Å². The zero-order chi connectivity index (χ0) is 25.8. The Morgan fingerprint density at radius 1 is 1.29 bits per heavy atom. The highest BCUT2D eigenvalue weighted by Gasteiger charge is 2.49. The van der Waals surface area contributed by atoms with Crippen LogP contribution in [-0.2, 0) is 25.5 Å². The van der Waals surface area contributed by atoms with E-state index in [4.69, 9.17) is 32.1 Å². The van der Waals surface area contributed by atoms with E-state index < -0.39 is 43.0 Å². The summed E-state index contributed by atoms with van der Waals surface area (Å²) in [6.45, 7) is -0.559. The molecule has 2 unspecified atom stereocenters. The van der Waals surface area contributed by atoms with Gasteiger partial charge in [-0.1, -0.05) is 12.1 Å². The minimum atomic E-state index is -2.67. The number of nitriles is 1. The Bertz CT molecular complexity index is 1260. The van der Waals surface area contributed by atoms with Crippen molar-refractivity contribution in [1.29, 1.82) is 5.26 Å². The summed E-state index contributed by atoms with van der Waals surface area (Å²) >= 11 is 5.80. The smallest absolute Gasteiger partial charge is 0.348 e. The maximum Gasteiger partial charge on any atom is 0.348 e. The topological polar surface area (TPSA) is 186 Å². The number of benzene rings is 1. The monoisotopic (exact) mass is 506 g/mol. The number of imidazole rings is 1. The van der Waals surface area contributed by atoms with E-state index in [0.717, 1.165) is 10.9 Å². The number of hydrogen-bond acceptors (Lipinski definition) is 9. The van der Waals surface area contributed by atoms with Crippen molar-refractivity contribution in [2.45, 2.75) is 30.8 Å². The first-order valence-corrected chi connectivity index (χ1v) is 10.4. The number of aromatic nitrogens is 4. The van der Waals surface area contributed by atoms with E-state index in [1.165, 1.54) is 31.4 Å². The van der Waals surface area contributed by atoms with Gasteiger partial charge < -0.3 is 25.4 Å². The van der Waals surface area contributed by atoms with Gasteiger partial charge in [0.25, 0.3) is 5.60 Å². The number of carbonyl (C=O) groups is 2. The minimum absolute atomic E-state index is 0.0342. The molecule has 14 heteroatoms. The van der Waals surface area contributed by atoms with Crippen LogP contribution < -0.4 is 5.73 Å².